The van der Waals surface area contributed by atoms with Crippen LogP contribution < -0.4 is 0 Å². The molecule has 0 bridgehead atoms. The third kappa shape index (κ3) is 5.24. The number of rotatable bonds is 10. The lowest BCUT2D eigenvalue weighted by atomic mass is 9.97. The SMILES string of the molecule is C=CCCO[C@H](CCC)Cn1ncc2nc(-c3ccc(C)cc3)c(-c3ccc(C#N)cc3)cc21. The average Bonchev–Trinajstić information content (AvgIpc) is 3.25. The van der Waals surface area contributed by atoms with E-state index in [0.29, 0.717) is 18.7 Å². The van der Waals surface area contributed by atoms with E-state index in [1.54, 1.807) is 0 Å². The summed E-state index contributed by atoms with van der Waals surface area (Å²) >= 11 is 0. The molecule has 0 saturated carbocycles. The van der Waals surface area contributed by atoms with Crippen molar-refractivity contribution in [2.45, 2.75) is 45.8 Å². The fourth-order valence-corrected chi connectivity index (χ4v) is 4.09. The van der Waals surface area contributed by atoms with Gasteiger partial charge in [-0.1, -0.05) is 61.4 Å². The van der Waals surface area contributed by atoms with Gasteiger partial charge in [0.2, 0.25) is 0 Å². The predicted molar refractivity (Wildman–Crippen MR) is 137 cm³/mol. The fraction of sp³-hybridized carbons (Fsp3) is 0.276. The minimum absolute atomic E-state index is 0.0863. The van der Waals surface area contributed by atoms with E-state index in [1.807, 2.05) is 41.2 Å². The number of aromatic nitrogens is 3. The molecule has 0 fully saturated rings. The van der Waals surface area contributed by atoms with Gasteiger partial charge in [-0.25, -0.2) is 4.98 Å². The van der Waals surface area contributed by atoms with Crippen LogP contribution in [0.25, 0.3) is 33.4 Å². The molecule has 34 heavy (non-hydrogen) atoms. The van der Waals surface area contributed by atoms with Crippen molar-refractivity contribution in [3.8, 4) is 28.5 Å². The topological polar surface area (TPSA) is 63.7 Å². The van der Waals surface area contributed by atoms with E-state index in [2.05, 4.69) is 61.9 Å². The van der Waals surface area contributed by atoms with E-state index in [0.717, 1.165) is 52.7 Å². The Labute approximate surface area is 201 Å². The second kappa shape index (κ2) is 10.9. The maximum atomic E-state index is 9.22. The van der Waals surface area contributed by atoms with Gasteiger partial charge in [0.15, 0.2) is 0 Å². The third-order valence-electron chi connectivity index (χ3n) is 5.94. The van der Waals surface area contributed by atoms with Gasteiger partial charge in [0.05, 0.1) is 48.3 Å². The average molecular weight is 451 g/mol. The van der Waals surface area contributed by atoms with Gasteiger partial charge in [-0.05, 0) is 43.5 Å². The number of nitrogens with zero attached hydrogens (tertiary/aromatic N) is 4. The lowest BCUT2D eigenvalue weighted by Crippen LogP contribution is -2.21. The van der Waals surface area contributed by atoms with Crippen LogP contribution in [0.4, 0.5) is 0 Å². The summed E-state index contributed by atoms with van der Waals surface area (Å²) in [5.41, 5.74) is 7.67. The first-order valence-corrected chi connectivity index (χ1v) is 11.8. The van der Waals surface area contributed by atoms with Crippen LogP contribution >= 0.6 is 0 Å². The molecule has 4 rings (SSSR count). The normalized spacial score (nSPS) is 11.9. The molecular weight excluding hydrogens is 420 g/mol. The molecule has 0 saturated heterocycles. The highest BCUT2D eigenvalue weighted by Gasteiger charge is 2.17. The zero-order valence-corrected chi connectivity index (χ0v) is 19.9. The number of benzene rings is 2. The monoisotopic (exact) mass is 450 g/mol. The number of hydrogen-bond acceptors (Lipinski definition) is 4. The highest BCUT2D eigenvalue weighted by Crippen LogP contribution is 2.34. The molecule has 172 valence electrons. The number of nitriles is 1. The quantitative estimate of drug-likeness (QED) is 0.199. The summed E-state index contributed by atoms with van der Waals surface area (Å²) in [6.45, 7) is 9.37. The Morgan fingerprint density at radius 1 is 1.12 bits per heavy atom. The second-order valence-electron chi connectivity index (χ2n) is 8.53. The van der Waals surface area contributed by atoms with Crippen LogP contribution in [-0.4, -0.2) is 27.5 Å². The van der Waals surface area contributed by atoms with Crippen LogP contribution in [0.3, 0.4) is 0 Å². The Kier molecular flexibility index (Phi) is 7.51. The summed E-state index contributed by atoms with van der Waals surface area (Å²) < 4.78 is 8.11. The van der Waals surface area contributed by atoms with Crippen molar-refractivity contribution in [2.24, 2.45) is 0 Å². The fourth-order valence-electron chi connectivity index (χ4n) is 4.09. The highest BCUT2D eigenvalue weighted by molar-refractivity contribution is 5.90. The van der Waals surface area contributed by atoms with Crippen molar-refractivity contribution >= 4 is 11.0 Å². The smallest absolute Gasteiger partial charge is 0.109 e. The Morgan fingerprint density at radius 2 is 1.85 bits per heavy atom. The summed E-state index contributed by atoms with van der Waals surface area (Å²) in [6.07, 6.45) is 6.66. The molecular formula is C29H30N4O. The summed E-state index contributed by atoms with van der Waals surface area (Å²) in [5, 5.41) is 13.9. The van der Waals surface area contributed by atoms with E-state index in [4.69, 9.17) is 9.72 Å². The first-order valence-electron chi connectivity index (χ1n) is 11.8. The van der Waals surface area contributed by atoms with Gasteiger partial charge < -0.3 is 4.74 Å². The molecule has 0 amide bonds. The standard InChI is InChI=1S/C29H30N4O/c1-4-6-16-34-25(7-5-2)20-33-28-17-26(23-14-10-22(18-30)11-15-23)29(32-27(28)19-31-33)24-12-8-21(3)9-13-24/h4,8-15,17,19,25H,1,5-7,16,20H2,2-3H3/t25-/m1/s1. The van der Waals surface area contributed by atoms with Crippen molar-refractivity contribution in [3.63, 3.8) is 0 Å². The minimum Gasteiger partial charge on any atom is -0.376 e. The first-order chi connectivity index (χ1) is 16.6. The number of hydrogen-bond donors (Lipinski definition) is 0. The van der Waals surface area contributed by atoms with Crippen molar-refractivity contribution in [1.29, 1.82) is 5.26 Å². The molecule has 0 aliphatic carbocycles. The molecule has 0 radical (unpaired) electrons. The van der Waals surface area contributed by atoms with Crippen molar-refractivity contribution in [3.05, 3.63) is 84.6 Å². The maximum Gasteiger partial charge on any atom is 0.109 e. The van der Waals surface area contributed by atoms with Gasteiger partial charge in [-0.3, -0.25) is 4.68 Å². The number of ether oxygens (including phenoxy) is 1. The summed E-state index contributed by atoms with van der Waals surface area (Å²) in [5.74, 6) is 0. The van der Waals surface area contributed by atoms with E-state index in [9.17, 15) is 5.26 Å². The number of pyridine rings is 1. The second-order valence-corrected chi connectivity index (χ2v) is 8.53. The predicted octanol–water partition coefficient (Wildman–Crippen LogP) is 6.71. The lowest BCUT2D eigenvalue weighted by molar-refractivity contribution is 0.0367. The molecule has 5 nitrogen and oxygen atoms in total. The Balaban J connectivity index is 1.78. The van der Waals surface area contributed by atoms with Gasteiger partial charge >= 0.3 is 0 Å². The molecule has 2 aromatic carbocycles. The van der Waals surface area contributed by atoms with Gasteiger partial charge in [-0.15, -0.1) is 6.58 Å². The molecule has 0 aliphatic heterocycles. The molecule has 5 heteroatoms. The van der Waals surface area contributed by atoms with Crippen LogP contribution in [0.2, 0.25) is 0 Å². The zero-order valence-electron chi connectivity index (χ0n) is 19.9. The van der Waals surface area contributed by atoms with Gasteiger partial charge in [0.1, 0.15) is 5.52 Å². The lowest BCUT2D eigenvalue weighted by Gasteiger charge is -2.18. The Bertz CT molecular complexity index is 1300. The summed E-state index contributed by atoms with van der Waals surface area (Å²) in [7, 11) is 0. The minimum atomic E-state index is 0.0863. The number of fused-ring (bicyclic) bond motifs is 1. The van der Waals surface area contributed by atoms with Crippen LogP contribution in [0, 0.1) is 18.3 Å². The van der Waals surface area contributed by atoms with E-state index < -0.39 is 0 Å². The van der Waals surface area contributed by atoms with E-state index >= 15 is 0 Å². The maximum absolute atomic E-state index is 9.22. The molecule has 0 N–H and O–H groups in total. The summed E-state index contributed by atoms with van der Waals surface area (Å²) in [6, 6.07) is 20.4. The van der Waals surface area contributed by atoms with Crippen LogP contribution in [0.5, 0.6) is 0 Å². The van der Waals surface area contributed by atoms with E-state index in [-0.39, 0.29) is 6.10 Å². The first kappa shape index (κ1) is 23.4. The summed E-state index contributed by atoms with van der Waals surface area (Å²) in [4.78, 5) is 5.04. The van der Waals surface area contributed by atoms with E-state index in [1.165, 1.54) is 5.56 Å². The molecule has 0 aliphatic rings. The molecule has 0 spiro atoms. The third-order valence-corrected chi connectivity index (χ3v) is 5.94. The molecule has 2 heterocycles. The zero-order chi connectivity index (χ0) is 23.9. The molecule has 1 atom stereocenters. The Hall–Kier alpha value is -3.75. The highest BCUT2D eigenvalue weighted by atomic mass is 16.5. The van der Waals surface area contributed by atoms with Gasteiger partial charge in [-0.2, -0.15) is 10.4 Å². The van der Waals surface area contributed by atoms with Gasteiger partial charge in [0, 0.05) is 11.1 Å². The molecule has 4 aromatic rings. The molecule has 0 unspecified atom stereocenters. The molecule has 2 aromatic heterocycles. The largest absolute Gasteiger partial charge is 0.376 e. The van der Waals surface area contributed by atoms with Crippen molar-refractivity contribution in [2.75, 3.05) is 6.61 Å². The van der Waals surface area contributed by atoms with Crippen LogP contribution in [0.1, 0.15) is 37.3 Å². The Morgan fingerprint density at radius 3 is 2.53 bits per heavy atom. The van der Waals surface area contributed by atoms with Crippen LogP contribution in [-0.2, 0) is 11.3 Å². The van der Waals surface area contributed by atoms with Crippen molar-refractivity contribution < 1.29 is 4.74 Å². The number of aryl methyl sites for hydroxylation is 1. The van der Waals surface area contributed by atoms with Crippen molar-refractivity contribution in [1.82, 2.24) is 14.8 Å². The van der Waals surface area contributed by atoms with Gasteiger partial charge in [0.25, 0.3) is 0 Å². The van der Waals surface area contributed by atoms with Crippen LogP contribution in [0.15, 0.2) is 73.4 Å².